The lowest BCUT2D eigenvalue weighted by Gasteiger charge is -2.40. The summed E-state index contributed by atoms with van der Waals surface area (Å²) in [4.78, 5) is 4.77. The van der Waals surface area contributed by atoms with Crippen LogP contribution in [0.1, 0.15) is 32.5 Å². The Labute approximate surface area is 128 Å². The number of nitrogens with zero attached hydrogens (tertiary/aromatic N) is 1. The number of hydrogen-bond acceptors (Lipinski definition) is 3. The maximum absolute atomic E-state index is 12.9. The minimum atomic E-state index is -0.337. The molecule has 2 nitrogen and oxygen atoms in total. The van der Waals surface area contributed by atoms with Crippen molar-refractivity contribution in [1.82, 2.24) is 4.90 Å². The van der Waals surface area contributed by atoms with E-state index in [1.165, 1.54) is 21.6 Å². The zero-order valence-corrected chi connectivity index (χ0v) is 12.9. The molecule has 0 fully saturated rings. The minimum Gasteiger partial charge on any atom is -0.497 e. The van der Waals surface area contributed by atoms with Crippen molar-refractivity contribution in [3.63, 3.8) is 0 Å². The predicted octanol–water partition coefficient (Wildman–Crippen LogP) is 3.88. The average molecular weight is 303 g/mol. The van der Waals surface area contributed by atoms with E-state index in [0.717, 1.165) is 36.6 Å². The quantitative estimate of drug-likeness (QED) is 0.835. The lowest BCUT2D eigenvalue weighted by atomic mass is 9.87. The maximum atomic E-state index is 12.9. The van der Waals surface area contributed by atoms with Gasteiger partial charge >= 0.3 is 0 Å². The van der Waals surface area contributed by atoms with E-state index in [0.29, 0.717) is 6.04 Å². The summed E-state index contributed by atoms with van der Waals surface area (Å²) in [7, 11) is 1.72. The number of halogens is 1. The van der Waals surface area contributed by atoms with Crippen LogP contribution in [0.25, 0.3) is 0 Å². The summed E-state index contributed by atoms with van der Waals surface area (Å²) in [6, 6.07) is 8.93. The van der Waals surface area contributed by atoms with Crippen molar-refractivity contribution in [2.45, 2.75) is 32.1 Å². The Morgan fingerprint density at radius 1 is 1.33 bits per heavy atom. The molecule has 0 saturated carbocycles. The Morgan fingerprint density at radius 2 is 2.24 bits per heavy atom. The van der Waals surface area contributed by atoms with Crippen LogP contribution in [-0.2, 0) is 26.1 Å². The van der Waals surface area contributed by atoms with Crippen LogP contribution in [0.3, 0.4) is 0 Å². The molecule has 4 heteroatoms. The molecule has 2 aromatic rings. The van der Waals surface area contributed by atoms with Crippen LogP contribution < -0.4 is 4.74 Å². The molecule has 1 atom stereocenters. The minimum absolute atomic E-state index is 0.337. The molecule has 0 radical (unpaired) electrons. The fourth-order valence-corrected chi connectivity index (χ4v) is 4.66. The van der Waals surface area contributed by atoms with Crippen LogP contribution >= 0.6 is 11.3 Å². The molecule has 1 aromatic heterocycles. The van der Waals surface area contributed by atoms with Gasteiger partial charge in [-0.1, -0.05) is 6.07 Å². The van der Waals surface area contributed by atoms with E-state index in [1.807, 2.05) is 0 Å². The largest absolute Gasteiger partial charge is 0.497 e. The summed E-state index contributed by atoms with van der Waals surface area (Å²) < 4.78 is 18.2. The molecule has 1 unspecified atom stereocenters. The van der Waals surface area contributed by atoms with E-state index in [1.54, 1.807) is 18.4 Å². The molecule has 110 valence electrons. The van der Waals surface area contributed by atoms with E-state index in [-0.39, 0.29) is 6.67 Å². The van der Waals surface area contributed by atoms with E-state index in [2.05, 4.69) is 29.2 Å². The molecular weight excluding hydrogens is 285 g/mol. The first kappa shape index (κ1) is 13.3. The van der Waals surface area contributed by atoms with Gasteiger partial charge in [0.15, 0.2) is 0 Å². The van der Waals surface area contributed by atoms with E-state index in [9.17, 15) is 4.39 Å². The normalized spacial score (nSPS) is 20.6. The Morgan fingerprint density at radius 3 is 3.05 bits per heavy atom. The molecule has 0 spiro atoms. The van der Waals surface area contributed by atoms with Gasteiger partial charge in [0.1, 0.15) is 12.4 Å². The molecule has 3 heterocycles. The zero-order chi connectivity index (χ0) is 14.4. The van der Waals surface area contributed by atoms with Crippen molar-refractivity contribution in [2.75, 3.05) is 13.7 Å². The van der Waals surface area contributed by atoms with E-state index >= 15 is 0 Å². The molecule has 0 N–H and O–H groups in total. The van der Waals surface area contributed by atoms with Crippen molar-refractivity contribution < 1.29 is 9.13 Å². The highest BCUT2D eigenvalue weighted by Gasteiger charge is 2.33. The first-order valence-corrected chi connectivity index (χ1v) is 8.17. The fourth-order valence-electron chi connectivity index (χ4n) is 3.59. The van der Waals surface area contributed by atoms with E-state index < -0.39 is 0 Å². The smallest absolute Gasteiger partial charge is 0.124 e. The van der Waals surface area contributed by atoms with Crippen LogP contribution in [0, 0.1) is 0 Å². The lowest BCUT2D eigenvalue weighted by molar-refractivity contribution is 0.162. The number of rotatable bonds is 2. The number of alkyl halides is 1. The third-order valence-corrected chi connectivity index (χ3v) is 5.81. The number of hydrogen-bond donors (Lipinski definition) is 0. The molecule has 2 aliphatic heterocycles. The SMILES string of the molecule is COc1ccc2c(c1)CCN1Cc3cc(CF)sc3CC21. The average Bonchev–Trinajstić information content (AvgIpc) is 2.94. The number of thiophene rings is 1. The zero-order valence-electron chi connectivity index (χ0n) is 12.1. The molecule has 2 aliphatic rings. The summed E-state index contributed by atoms with van der Waals surface area (Å²) >= 11 is 1.65. The van der Waals surface area contributed by atoms with Gasteiger partial charge < -0.3 is 4.74 Å². The van der Waals surface area contributed by atoms with Gasteiger partial charge in [-0.25, -0.2) is 4.39 Å². The second-order valence-corrected chi connectivity index (χ2v) is 7.02. The molecule has 0 bridgehead atoms. The standard InChI is InChI=1S/C17H18FNOS/c1-20-13-2-3-15-11(6-13)4-5-19-10-12-7-14(9-18)21-17(12)8-16(15)19/h2-3,6-7,16H,4-5,8-10H2,1H3. The Balaban J connectivity index is 1.71. The van der Waals surface area contributed by atoms with Gasteiger partial charge in [0.25, 0.3) is 0 Å². The highest BCUT2D eigenvalue weighted by Crippen LogP contribution is 2.41. The van der Waals surface area contributed by atoms with Gasteiger partial charge in [-0.3, -0.25) is 4.90 Å². The van der Waals surface area contributed by atoms with Gasteiger partial charge in [0.2, 0.25) is 0 Å². The van der Waals surface area contributed by atoms with Gasteiger partial charge in [0, 0.05) is 35.3 Å². The van der Waals surface area contributed by atoms with Gasteiger partial charge in [0.05, 0.1) is 7.11 Å². The Hall–Kier alpha value is -1.39. The number of benzene rings is 1. The molecule has 0 aliphatic carbocycles. The van der Waals surface area contributed by atoms with Crippen LogP contribution in [0.4, 0.5) is 4.39 Å². The van der Waals surface area contributed by atoms with Crippen molar-refractivity contribution in [3.8, 4) is 5.75 Å². The van der Waals surface area contributed by atoms with Crippen molar-refractivity contribution in [3.05, 3.63) is 50.7 Å². The summed E-state index contributed by atoms with van der Waals surface area (Å²) in [6.07, 6.45) is 2.08. The lowest BCUT2D eigenvalue weighted by Crippen LogP contribution is -2.38. The Kier molecular flexibility index (Phi) is 3.23. The third-order valence-electron chi connectivity index (χ3n) is 4.65. The second kappa shape index (κ2) is 5.11. The van der Waals surface area contributed by atoms with Crippen LogP contribution in [0.15, 0.2) is 24.3 Å². The van der Waals surface area contributed by atoms with Crippen molar-refractivity contribution >= 4 is 11.3 Å². The monoisotopic (exact) mass is 303 g/mol. The van der Waals surface area contributed by atoms with Crippen LogP contribution in [0.2, 0.25) is 0 Å². The van der Waals surface area contributed by atoms with Gasteiger partial charge in [-0.05, 0) is 41.3 Å². The van der Waals surface area contributed by atoms with Crippen molar-refractivity contribution in [1.29, 1.82) is 0 Å². The third kappa shape index (κ3) is 2.17. The summed E-state index contributed by atoms with van der Waals surface area (Å²) in [5.74, 6) is 0.939. The fraction of sp³-hybridized carbons (Fsp3) is 0.412. The van der Waals surface area contributed by atoms with Crippen LogP contribution in [0.5, 0.6) is 5.75 Å². The highest BCUT2D eigenvalue weighted by atomic mass is 32.1. The summed E-state index contributed by atoms with van der Waals surface area (Å²) in [5.41, 5.74) is 4.16. The summed E-state index contributed by atoms with van der Waals surface area (Å²) in [6.45, 7) is 1.70. The predicted molar refractivity (Wildman–Crippen MR) is 82.7 cm³/mol. The number of methoxy groups -OCH3 is 1. The molecule has 0 saturated heterocycles. The molecule has 21 heavy (non-hydrogen) atoms. The van der Waals surface area contributed by atoms with Gasteiger partial charge in [-0.2, -0.15) is 0 Å². The maximum Gasteiger partial charge on any atom is 0.124 e. The molecule has 1 aromatic carbocycles. The first-order chi connectivity index (χ1) is 10.3. The second-order valence-electron chi connectivity index (χ2n) is 5.80. The topological polar surface area (TPSA) is 12.5 Å². The first-order valence-electron chi connectivity index (χ1n) is 7.36. The molecule has 0 amide bonds. The number of fused-ring (bicyclic) bond motifs is 4. The Bertz CT molecular complexity index is 681. The van der Waals surface area contributed by atoms with Crippen LogP contribution in [-0.4, -0.2) is 18.6 Å². The van der Waals surface area contributed by atoms with Gasteiger partial charge in [-0.15, -0.1) is 11.3 Å². The molecule has 4 rings (SSSR count). The highest BCUT2D eigenvalue weighted by molar-refractivity contribution is 7.12. The van der Waals surface area contributed by atoms with E-state index in [4.69, 9.17) is 4.74 Å². The van der Waals surface area contributed by atoms with Crippen molar-refractivity contribution in [2.24, 2.45) is 0 Å². The summed E-state index contributed by atoms with van der Waals surface area (Å²) in [5, 5.41) is 0. The number of ether oxygens (including phenoxy) is 1. The molecular formula is C17H18FNOS.